The normalized spacial score (nSPS) is 38.0. The molecule has 3 nitrogen and oxygen atoms in total. The van der Waals surface area contributed by atoms with Gasteiger partial charge < -0.3 is 15.8 Å². The number of ether oxygens (including phenoxy) is 1. The molecule has 0 saturated heterocycles. The first kappa shape index (κ1) is 12.4. The fraction of sp³-hybridized carbons (Fsp3) is 0.647. The van der Waals surface area contributed by atoms with Gasteiger partial charge in [-0.1, -0.05) is 6.07 Å². The summed E-state index contributed by atoms with van der Waals surface area (Å²) >= 11 is 0. The lowest BCUT2D eigenvalue weighted by Crippen LogP contribution is -2.54. The molecule has 1 aromatic carbocycles. The van der Waals surface area contributed by atoms with E-state index in [1.807, 2.05) is 12.1 Å². The molecule has 3 heteroatoms. The van der Waals surface area contributed by atoms with E-state index in [0.717, 1.165) is 34.9 Å². The van der Waals surface area contributed by atoms with Crippen LogP contribution < -0.4 is 15.8 Å². The zero-order valence-electron chi connectivity index (χ0n) is 12.2. The quantitative estimate of drug-likeness (QED) is 0.826. The molecule has 3 N–H and O–H groups in total. The molecule has 4 bridgehead atoms. The topological polar surface area (TPSA) is 47.3 Å². The van der Waals surface area contributed by atoms with E-state index in [2.05, 4.69) is 11.4 Å². The Hall–Kier alpha value is -1.38. The Morgan fingerprint density at radius 1 is 1.10 bits per heavy atom. The summed E-state index contributed by atoms with van der Waals surface area (Å²) in [6.45, 7) is 0. The number of nitrogens with two attached hydrogens (primary N) is 1. The zero-order chi connectivity index (χ0) is 13.7. The van der Waals surface area contributed by atoms with Crippen LogP contribution in [0.5, 0.6) is 5.75 Å². The molecule has 0 amide bonds. The van der Waals surface area contributed by atoms with Gasteiger partial charge in [0.1, 0.15) is 5.75 Å². The summed E-state index contributed by atoms with van der Waals surface area (Å²) in [5, 5.41) is 3.82. The van der Waals surface area contributed by atoms with Crippen LogP contribution in [0, 0.1) is 17.8 Å². The number of hydrogen-bond acceptors (Lipinski definition) is 3. The van der Waals surface area contributed by atoms with Crippen LogP contribution in [0.15, 0.2) is 18.2 Å². The summed E-state index contributed by atoms with van der Waals surface area (Å²) in [7, 11) is 1.68. The highest BCUT2D eigenvalue weighted by Crippen LogP contribution is 2.57. The molecule has 0 radical (unpaired) electrons. The van der Waals surface area contributed by atoms with Gasteiger partial charge in [-0.05, 0) is 68.4 Å². The third kappa shape index (κ3) is 1.87. The van der Waals surface area contributed by atoms with Crippen molar-refractivity contribution in [3.63, 3.8) is 0 Å². The summed E-state index contributed by atoms with van der Waals surface area (Å²) in [4.78, 5) is 0. The molecule has 0 aromatic heterocycles. The number of para-hydroxylation sites is 1. The molecule has 0 heterocycles. The first-order valence-corrected chi connectivity index (χ1v) is 7.88. The van der Waals surface area contributed by atoms with Gasteiger partial charge in [-0.2, -0.15) is 0 Å². The van der Waals surface area contributed by atoms with Crippen LogP contribution >= 0.6 is 0 Å². The molecule has 5 rings (SSSR count). The minimum absolute atomic E-state index is 0.301. The lowest BCUT2D eigenvalue weighted by Gasteiger charge is -2.57. The van der Waals surface area contributed by atoms with Gasteiger partial charge in [-0.3, -0.25) is 0 Å². The fourth-order valence-electron chi connectivity index (χ4n) is 5.38. The van der Waals surface area contributed by atoms with Crippen molar-refractivity contribution in [3.8, 4) is 5.75 Å². The van der Waals surface area contributed by atoms with Gasteiger partial charge in [0.05, 0.1) is 18.5 Å². The molecule has 0 unspecified atom stereocenters. The highest BCUT2D eigenvalue weighted by atomic mass is 16.5. The third-order valence-electron chi connectivity index (χ3n) is 5.72. The van der Waals surface area contributed by atoms with Gasteiger partial charge in [0.25, 0.3) is 0 Å². The van der Waals surface area contributed by atoms with Gasteiger partial charge in [-0.25, -0.2) is 0 Å². The van der Waals surface area contributed by atoms with Crippen LogP contribution in [0.3, 0.4) is 0 Å². The van der Waals surface area contributed by atoms with Crippen molar-refractivity contribution in [2.75, 3.05) is 18.2 Å². The predicted molar refractivity (Wildman–Crippen MR) is 81.9 cm³/mol. The monoisotopic (exact) mass is 272 g/mol. The minimum Gasteiger partial charge on any atom is -0.495 e. The molecular formula is C17H24N2O. The standard InChI is InChI=1S/C17H24N2O/c1-20-15-4-2-3-14(16(15)18)19-17-8-11-5-12(9-17)7-13(6-11)10-17/h2-4,11-13,19H,5-10,18H2,1H3. The first-order valence-electron chi connectivity index (χ1n) is 7.88. The SMILES string of the molecule is COc1cccc(NC23CC4CC(CC(C4)C2)C3)c1N. The fourth-order valence-corrected chi connectivity index (χ4v) is 5.38. The third-order valence-corrected chi connectivity index (χ3v) is 5.72. The summed E-state index contributed by atoms with van der Waals surface area (Å²) in [6.07, 6.45) is 8.39. The lowest BCUT2D eigenvalue weighted by atomic mass is 9.53. The molecule has 0 atom stereocenters. The van der Waals surface area contributed by atoms with E-state index in [1.54, 1.807) is 7.11 Å². The summed E-state index contributed by atoms with van der Waals surface area (Å²) < 4.78 is 5.34. The maximum Gasteiger partial charge on any atom is 0.143 e. The molecule has 4 aliphatic carbocycles. The van der Waals surface area contributed by atoms with Crippen LogP contribution in [0.2, 0.25) is 0 Å². The van der Waals surface area contributed by atoms with E-state index in [0.29, 0.717) is 5.54 Å². The van der Waals surface area contributed by atoms with Crippen LogP contribution in [-0.4, -0.2) is 12.6 Å². The van der Waals surface area contributed by atoms with E-state index >= 15 is 0 Å². The van der Waals surface area contributed by atoms with Crippen molar-refractivity contribution in [2.24, 2.45) is 17.8 Å². The highest BCUT2D eigenvalue weighted by molar-refractivity contribution is 5.73. The molecule has 0 aliphatic heterocycles. The average molecular weight is 272 g/mol. The number of nitrogen functional groups attached to an aromatic ring is 1. The van der Waals surface area contributed by atoms with E-state index in [-0.39, 0.29) is 0 Å². The molecule has 4 fully saturated rings. The van der Waals surface area contributed by atoms with Crippen LogP contribution in [-0.2, 0) is 0 Å². The first-order chi connectivity index (χ1) is 9.67. The summed E-state index contributed by atoms with van der Waals surface area (Å²) in [5.74, 6) is 3.61. The van der Waals surface area contributed by atoms with Gasteiger partial charge in [0.2, 0.25) is 0 Å². The lowest BCUT2D eigenvalue weighted by molar-refractivity contribution is 0.0107. The number of hydrogen-bond donors (Lipinski definition) is 2. The maximum atomic E-state index is 6.24. The van der Waals surface area contributed by atoms with E-state index < -0.39 is 0 Å². The van der Waals surface area contributed by atoms with Crippen molar-refractivity contribution >= 4 is 11.4 Å². The van der Waals surface area contributed by atoms with Crippen molar-refractivity contribution in [2.45, 2.75) is 44.1 Å². The van der Waals surface area contributed by atoms with Crippen LogP contribution in [0.1, 0.15) is 38.5 Å². The Kier molecular flexibility index (Phi) is 2.66. The number of nitrogens with one attached hydrogen (secondary N) is 1. The predicted octanol–water partition coefficient (Wildman–Crippen LogP) is 3.66. The van der Waals surface area contributed by atoms with E-state index in [1.165, 1.54) is 38.5 Å². The molecule has 4 aliphatic rings. The van der Waals surface area contributed by atoms with Crippen molar-refractivity contribution in [1.29, 1.82) is 0 Å². The Balaban J connectivity index is 1.63. The van der Waals surface area contributed by atoms with E-state index in [9.17, 15) is 0 Å². The zero-order valence-corrected chi connectivity index (χ0v) is 12.2. The molecule has 1 aromatic rings. The van der Waals surface area contributed by atoms with Gasteiger partial charge in [0.15, 0.2) is 0 Å². The largest absolute Gasteiger partial charge is 0.495 e. The van der Waals surface area contributed by atoms with Crippen molar-refractivity contribution in [1.82, 2.24) is 0 Å². The van der Waals surface area contributed by atoms with Crippen molar-refractivity contribution in [3.05, 3.63) is 18.2 Å². The molecule has 108 valence electrons. The van der Waals surface area contributed by atoms with E-state index in [4.69, 9.17) is 10.5 Å². The average Bonchev–Trinajstić information content (AvgIpc) is 2.39. The second kappa shape index (κ2) is 4.31. The van der Waals surface area contributed by atoms with Gasteiger partial charge in [-0.15, -0.1) is 0 Å². The minimum atomic E-state index is 0.301. The Bertz CT molecular complexity index is 490. The number of benzene rings is 1. The van der Waals surface area contributed by atoms with Crippen molar-refractivity contribution < 1.29 is 4.74 Å². The second-order valence-corrected chi connectivity index (χ2v) is 7.24. The highest BCUT2D eigenvalue weighted by Gasteiger charge is 2.51. The molecule has 20 heavy (non-hydrogen) atoms. The number of methoxy groups -OCH3 is 1. The van der Waals surface area contributed by atoms with Crippen LogP contribution in [0.25, 0.3) is 0 Å². The molecule has 0 spiro atoms. The number of anilines is 2. The smallest absolute Gasteiger partial charge is 0.143 e. The number of rotatable bonds is 3. The van der Waals surface area contributed by atoms with Gasteiger partial charge >= 0.3 is 0 Å². The Morgan fingerprint density at radius 2 is 1.70 bits per heavy atom. The van der Waals surface area contributed by atoms with Gasteiger partial charge in [0, 0.05) is 5.54 Å². The van der Waals surface area contributed by atoms with Crippen LogP contribution in [0.4, 0.5) is 11.4 Å². The maximum absolute atomic E-state index is 6.24. The second-order valence-electron chi connectivity index (χ2n) is 7.24. The Labute approximate surface area is 120 Å². The molecular weight excluding hydrogens is 248 g/mol. The molecule has 4 saturated carbocycles. The summed E-state index contributed by atoms with van der Waals surface area (Å²) in [5.41, 5.74) is 8.35. The Morgan fingerprint density at radius 3 is 2.25 bits per heavy atom. The summed E-state index contributed by atoms with van der Waals surface area (Å²) in [6, 6.07) is 6.05.